The van der Waals surface area contributed by atoms with Crippen LogP contribution < -0.4 is 4.90 Å². The first-order chi connectivity index (χ1) is 8.84. The molecule has 3 nitrogen and oxygen atoms in total. The predicted molar refractivity (Wildman–Crippen MR) is 77.0 cm³/mol. The quantitative estimate of drug-likeness (QED) is 0.834. The number of anilines is 1. The summed E-state index contributed by atoms with van der Waals surface area (Å²) >= 11 is 5.22. The van der Waals surface area contributed by atoms with E-state index in [0.29, 0.717) is 0 Å². The summed E-state index contributed by atoms with van der Waals surface area (Å²) in [4.78, 5) is 5.47. The number of hydrogen-bond donors (Lipinski definition) is 1. The van der Waals surface area contributed by atoms with E-state index in [1.54, 1.807) is 0 Å². The molecule has 0 atom stereocenters. The lowest BCUT2D eigenvalue weighted by Crippen LogP contribution is -2.29. The van der Waals surface area contributed by atoms with E-state index < -0.39 is 0 Å². The van der Waals surface area contributed by atoms with Crippen LogP contribution in [0.1, 0.15) is 19.3 Å². The Morgan fingerprint density at radius 3 is 2.22 bits per heavy atom. The zero-order chi connectivity index (χ0) is 12.4. The molecule has 2 heterocycles. The maximum Gasteiger partial charge on any atom is 0.181 e. The van der Waals surface area contributed by atoms with Crippen LogP contribution in [0.3, 0.4) is 0 Å². The molecular weight excluding hydrogens is 242 g/mol. The van der Waals surface area contributed by atoms with Gasteiger partial charge >= 0.3 is 0 Å². The van der Waals surface area contributed by atoms with Gasteiger partial charge in [-0.2, -0.15) is 0 Å². The standard InChI is InChI=1S/C14H17N3S/c18-14-15-8-11-17(14)13-6-4-12(5-7-13)16-9-2-1-3-10-16/h4-8,11H,1-3,9-10H2,(H,15,18). The lowest BCUT2D eigenvalue weighted by Gasteiger charge is -2.28. The van der Waals surface area contributed by atoms with E-state index in [0.717, 1.165) is 10.5 Å². The molecule has 4 heteroatoms. The van der Waals surface area contributed by atoms with Crippen molar-refractivity contribution in [2.24, 2.45) is 0 Å². The van der Waals surface area contributed by atoms with Crippen molar-refractivity contribution in [2.75, 3.05) is 18.0 Å². The fraction of sp³-hybridized carbons (Fsp3) is 0.357. The number of aromatic amines is 1. The van der Waals surface area contributed by atoms with Crippen molar-refractivity contribution in [3.63, 3.8) is 0 Å². The summed E-state index contributed by atoms with van der Waals surface area (Å²) in [6.45, 7) is 2.37. The SMILES string of the molecule is S=c1[nH]ccn1-c1ccc(N2CCCCC2)cc1. The second kappa shape index (κ2) is 4.98. The summed E-state index contributed by atoms with van der Waals surface area (Å²) in [5.74, 6) is 0. The molecule has 1 fully saturated rings. The fourth-order valence-corrected chi connectivity index (χ4v) is 2.73. The Morgan fingerprint density at radius 2 is 1.61 bits per heavy atom. The maximum absolute atomic E-state index is 5.22. The predicted octanol–water partition coefficient (Wildman–Crippen LogP) is 3.53. The highest BCUT2D eigenvalue weighted by Gasteiger charge is 2.10. The molecular formula is C14H17N3S. The minimum atomic E-state index is 0.737. The van der Waals surface area contributed by atoms with Crippen LogP contribution in [0.5, 0.6) is 0 Å². The van der Waals surface area contributed by atoms with Gasteiger partial charge in [0, 0.05) is 36.9 Å². The maximum atomic E-state index is 5.22. The third kappa shape index (κ3) is 2.20. The van der Waals surface area contributed by atoms with Gasteiger partial charge in [0.25, 0.3) is 0 Å². The smallest absolute Gasteiger partial charge is 0.181 e. The van der Waals surface area contributed by atoms with Crippen LogP contribution in [-0.2, 0) is 0 Å². The van der Waals surface area contributed by atoms with Crippen LogP contribution >= 0.6 is 12.2 Å². The molecule has 0 amide bonds. The van der Waals surface area contributed by atoms with Gasteiger partial charge in [0.15, 0.2) is 4.77 Å². The van der Waals surface area contributed by atoms with Gasteiger partial charge in [-0.05, 0) is 55.7 Å². The number of imidazole rings is 1. The molecule has 0 bridgehead atoms. The largest absolute Gasteiger partial charge is 0.372 e. The van der Waals surface area contributed by atoms with Gasteiger partial charge in [0.1, 0.15) is 0 Å². The first kappa shape index (κ1) is 11.5. The van der Waals surface area contributed by atoms with E-state index in [1.807, 2.05) is 17.0 Å². The average molecular weight is 259 g/mol. The van der Waals surface area contributed by atoms with Gasteiger partial charge in [0.2, 0.25) is 0 Å². The van der Waals surface area contributed by atoms with Crippen molar-refractivity contribution >= 4 is 17.9 Å². The van der Waals surface area contributed by atoms with Crippen LogP contribution in [0.15, 0.2) is 36.7 Å². The number of nitrogens with one attached hydrogen (secondary N) is 1. The van der Waals surface area contributed by atoms with E-state index in [9.17, 15) is 0 Å². The normalized spacial score (nSPS) is 15.9. The highest BCUT2D eigenvalue weighted by Crippen LogP contribution is 2.21. The molecule has 0 unspecified atom stereocenters. The number of benzene rings is 1. The van der Waals surface area contributed by atoms with E-state index in [2.05, 4.69) is 34.1 Å². The first-order valence-corrected chi connectivity index (χ1v) is 6.87. The molecule has 1 saturated heterocycles. The lowest BCUT2D eigenvalue weighted by molar-refractivity contribution is 0.578. The molecule has 0 radical (unpaired) electrons. The van der Waals surface area contributed by atoms with Gasteiger partial charge in [-0.15, -0.1) is 0 Å². The average Bonchev–Trinajstić information content (AvgIpc) is 2.86. The number of rotatable bonds is 2. The van der Waals surface area contributed by atoms with Crippen molar-refractivity contribution < 1.29 is 0 Å². The molecule has 18 heavy (non-hydrogen) atoms. The summed E-state index contributed by atoms with van der Waals surface area (Å²) in [7, 11) is 0. The third-order valence-corrected chi connectivity index (χ3v) is 3.81. The Bertz CT molecular complexity index is 561. The lowest BCUT2D eigenvalue weighted by atomic mass is 10.1. The summed E-state index contributed by atoms with van der Waals surface area (Å²) in [5, 5.41) is 0. The zero-order valence-electron chi connectivity index (χ0n) is 10.3. The number of H-pyrrole nitrogens is 1. The van der Waals surface area contributed by atoms with Gasteiger partial charge in [-0.3, -0.25) is 4.57 Å². The highest BCUT2D eigenvalue weighted by atomic mass is 32.1. The molecule has 3 rings (SSSR count). The fourth-order valence-electron chi connectivity index (χ4n) is 2.50. The van der Waals surface area contributed by atoms with Crippen molar-refractivity contribution in [1.82, 2.24) is 9.55 Å². The van der Waals surface area contributed by atoms with Crippen LogP contribution in [0.4, 0.5) is 5.69 Å². The first-order valence-electron chi connectivity index (χ1n) is 6.46. The van der Waals surface area contributed by atoms with Crippen molar-refractivity contribution in [3.8, 4) is 5.69 Å². The minimum absolute atomic E-state index is 0.737. The van der Waals surface area contributed by atoms with Gasteiger partial charge < -0.3 is 9.88 Å². The molecule has 0 aliphatic carbocycles. The molecule has 1 aliphatic rings. The van der Waals surface area contributed by atoms with Crippen molar-refractivity contribution in [2.45, 2.75) is 19.3 Å². The van der Waals surface area contributed by atoms with Crippen molar-refractivity contribution in [1.29, 1.82) is 0 Å². The van der Waals surface area contributed by atoms with E-state index in [4.69, 9.17) is 12.2 Å². The summed E-state index contributed by atoms with van der Waals surface area (Å²) in [6.07, 6.45) is 7.81. The van der Waals surface area contributed by atoms with E-state index in [-0.39, 0.29) is 0 Å². The summed E-state index contributed by atoms with van der Waals surface area (Å²) < 4.78 is 2.72. The number of hydrogen-bond acceptors (Lipinski definition) is 2. The number of aromatic nitrogens is 2. The molecule has 0 spiro atoms. The second-order valence-corrected chi connectivity index (χ2v) is 5.09. The van der Waals surface area contributed by atoms with Crippen molar-refractivity contribution in [3.05, 3.63) is 41.4 Å². The molecule has 2 aromatic rings. The summed E-state index contributed by atoms with van der Waals surface area (Å²) in [6, 6.07) is 8.64. The van der Waals surface area contributed by atoms with E-state index >= 15 is 0 Å². The van der Waals surface area contributed by atoms with Gasteiger partial charge in [-0.25, -0.2) is 0 Å². The van der Waals surface area contributed by atoms with Crippen LogP contribution in [0.2, 0.25) is 0 Å². The molecule has 0 saturated carbocycles. The molecule has 1 N–H and O–H groups in total. The van der Waals surface area contributed by atoms with Crippen LogP contribution in [0.25, 0.3) is 5.69 Å². The Hall–Kier alpha value is -1.55. The molecule has 1 aliphatic heterocycles. The topological polar surface area (TPSA) is 24.0 Å². The number of piperidine rings is 1. The molecule has 1 aromatic heterocycles. The number of nitrogens with zero attached hydrogens (tertiary/aromatic N) is 2. The molecule has 94 valence electrons. The minimum Gasteiger partial charge on any atom is -0.372 e. The van der Waals surface area contributed by atoms with Crippen LogP contribution in [0, 0.1) is 4.77 Å². The Labute approximate surface area is 112 Å². The highest BCUT2D eigenvalue weighted by molar-refractivity contribution is 7.71. The Balaban J connectivity index is 1.85. The third-order valence-electron chi connectivity index (χ3n) is 3.50. The molecule has 1 aromatic carbocycles. The Morgan fingerprint density at radius 1 is 0.944 bits per heavy atom. The monoisotopic (exact) mass is 259 g/mol. The zero-order valence-corrected chi connectivity index (χ0v) is 11.1. The Kier molecular flexibility index (Phi) is 3.19. The van der Waals surface area contributed by atoms with Crippen LogP contribution in [-0.4, -0.2) is 22.6 Å². The van der Waals surface area contributed by atoms with Gasteiger partial charge in [-0.1, -0.05) is 0 Å². The summed E-state index contributed by atoms with van der Waals surface area (Å²) in [5.41, 5.74) is 2.43. The second-order valence-electron chi connectivity index (χ2n) is 4.70. The van der Waals surface area contributed by atoms with Gasteiger partial charge in [0.05, 0.1) is 0 Å². The van der Waals surface area contributed by atoms with E-state index in [1.165, 1.54) is 38.0 Å².